The third-order valence-corrected chi connectivity index (χ3v) is 4.59. The Labute approximate surface area is 146 Å². The third-order valence-electron chi connectivity index (χ3n) is 4.19. The number of nitrogens with zero attached hydrogens (tertiary/aromatic N) is 1. The van der Waals surface area contributed by atoms with E-state index in [4.69, 9.17) is 21.1 Å². The highest BCUT2D eigenvalue weighted by atomic mass is 35.5. The molecule has 24 heavy (non-hydrogen) atoms. The molecule has 1 aromatic carbocycles. The van der Waals surface area contributed by atoms with Crippen LogP contribution in [0.1, 0.15) is 37.5 Å². The molecule has 1 aromatic rings. The zero-order chi connectivity index (χ0) is 17.5. The van der Waals surface area contributed by atoms with Crippen LogP contribution in [0.2, 0.25) is 5.02 Å². The molecule has 3 rings (SSSR count). The van der Waals surface area contributed by atoms with E-state index in [0.717, 1.165) is 16.7 Å². The van der Waals surface area contributed by atoms with Gasteiger partial charge in [0, 0.05) is 25.1 Å². The minimum Gasteiger partial charge on any atom is -0.484 e. The van der Waals surface area contributed by atoms with Gasteiger partial charge in [0.05, 0.1) is 5.02 Å². The molecule has 0 aliphatic carbocycles. The van der Waals surface area contributed by atoms with Crippen molar-refractivity contribution in [3.05, 3.63) is 27.8 Å². The standard InChI is InChI=1S/C18H22ClNO4/c1-18(2,3)24-17(22)20-6-4-11-8-12-9-13(21)10-23-16(12)15(19)14(11)5-7-20/h8H,4-7,9-10H2,1-3H3. The fourth-order valence-corrected chi connectivity index (χ4v) is 3.49. The highest BCUT2D eigenvalue weighted by molar-refractivity contribution is 6.33. The highest BCUT2D eigenvalue weighted by Crippen LogP contribution is 2.38. The maximum absolute atomic E-state index is 12.3. The Morgan fingerprint density at radius 3 is 2.67 bits per heavy atom. The van der Waals surface area contributed by atoms with Crippen LogP contribution in [0.4, 0.5) is 4.79 Å². The van der Waals surface area contributed by atoms with E-state index in [9.17, 15) is 9.59 Å². The van der Waals surface area contributed by atoms with Crippen molar-refractivity contribution < 1.29 is 19.1 Å². The molecule has 0 bridgehead atoms. The average molecular weight is 352 g/mol. The van der Waals surface area contributed by atoms with E-state index in [0.29, 0.717) is 43.1 Å². The summed E-state index contributed by atoms with van der Waals surface area (Å²) in [4.78, 5) is 25.6. The molecule has 0 atom stereocenters. The van der Waals surface area contributed by atoms with E-state index in [1.54, 1.807) is 4.90 Å². The Bertz CT molecular complexity index is 693. The van der Waals surface area contributed by atoms with Gasteiger partial charge in [-0.1, -0.05) is 17.7 Å². The number of benzene rings is 1. The van der Waals surface area contributed by atoms with E-state index in [1.165, 1.54) is 0 Å². The molecule has 2 aliphatic heterocycles. The molecule has 130 valence electrons. The Kier molecular flexibility index (Phi) is 4.47. The SMILES string of the molecule is CC(C)(C)OC(=O)N1CCc2cc3c(c(Cl)c2CC1)OCC(=O)C3. The lowest BCUT2D eigenvalue weighted by Crippen LogP contribution is -2.38. The summed E-state index contributed by atoms with van der Waals surface area (Å²) in [6, 6.07) is 2.01. The first-order chi connectivity index (χ1) is 11.2. The Balaban J connectivity index is 1.82. The van der Waals surface area contributed by atoms with Crippen LogP contribution in [-0.4, -0.2) is 42.1 Å². The molecule has 2 aliphatic rings. The van der Waals surface area contributed by atoms with Crippen molar-refractivity contribution in [2.45, 2.75) is 45.6 Å². The Hall–Kier alpha value is -1.75. The summed E-state index contributed by atoms with van der Waals surface area (Å²) >= 11 is 6.53. The molecule has 0 radical (unpaired) electrons. The van der Waals surface area contributed by atoms with Crippen LogP contribution in [0.3, 0.4) is 0 Å². The molecule has 0 saturated carbocycles. The van der Waals surface area contributed by atoms with E-state index in [-0.39, 0.29) is 18.5 Å². The number of fused-ring (bicyclic) bond motifs is 2. The molecule has 0 N–H and O–H groups in total. The van der Waals surface area contributed by atoms with Gasteiger partial charge in [-0.25, -0.2) is 4.79 Å². The number of carbonyl (C=O) groups is 2. The van der Waals surface area contributed by atoms with Crippen molar-refractivity contribution in [2.24, 2.45) is 0 Å². The normalized spacial score (nSPS) is 17.5. The smallest absolute Gasteiger partial charge is 0.410 e. The number of hydrogen-bond donors (Lipinski definition) is 0. The molecule has 0 spiro atoms. The first kappa shape index (κ1) is 17.1. The van der Waals surface area contributed by atoms with Crippen molar-refractivity contribution in [1.29, 1.82) is 0 Å². The lowest BCUT2D eigenvalue weighted by atomic mass is 9.95. The van der Waals surface area contributed by atoms with Gasteiger partial charge in [0.2, 0.25) is 0 Å². The summed E-state index contributed by atoms with van der Waals surface area (Å²) in [5.74, 6) is 0.684. The molecule has 1 amide bonds. The summed E-state index contributed by atoms with van der Waals surface area (Å²) in [5.41, 5.74) is 2.43. The minimum atomic E-state index is -0.513. The topological polar surface area (TPSA) is 55.8 Å². The van der Waals surface area contributed by atoms with Crippen LogP contribution in [0.15, 0.2) is 6.07 Å². The first-order valence-electron chi connectivity index (χ1n) is 8.20. The predicted molar refractivity (Wildman–Crippen MR) is 90.9 cm³/mol. The molecule has 2 heterocycles. The van der Waals surface area contributed by atoms with Crippen molar-refractivity contribution in [2.75, 3.05) is 19.7 Å². The van der Waals surface area contributed by atoms with E-state index in [1.807, 2.05) is 26.8 Å². The summed E-state index contributed by atoms with van der Waals surface area (Å²) < 4.78 is 11.0. The van der Waals surface area contributed by atoms with Crippen LogP contribution in [0.25, 0.3) is 0 Å². The molecular formula is C18H22ClNO4. The summed E-state index contributed by atoms with van der Waals surface area (Å²) in [5, 5.41) is 0.584. The zero-order valence-corrected chi connectivity index (χ0v) is 15.0. The molecular weight excluding hydrogens is 330 g/mol. The molecule has 0 aromatic heterocycles. The van der Waals surface area contributed by atoms with Crippen LogP contribution < -0.4 is 4.74 Å². The van der Waals surface area contributed by atoms with Crippen LogP contribution in [0, 0.1) is 0 Å². The van der Waals surface area contributed by atoms with E-state index >= 15 is 0 Å². The van der Waals surface area contributed by atoms with Crippen molar-refractivity contribution in [1.82, 2.24) is 4.90 Å². The number of carbonyl (C=O) groups excluding carboxylic acids is 2. The quantitative estimate of drug-likeness (QED) is 0.720. The maximum atomic E-state index is 12.3. The maximum Gasteiger partial charge on any atom is 0.410 e. The fraction of sp³-hybridized carbons (Fsp3) is 0.556. The lowest BCUT2D eigenvalue weighted by Gasteiger charge is -2.26. The zero-order valence-electron chi connectivity index (χ0n) is 14.3. The summed E-state index contributed by atoms with van der Waals surface area (Å²) in [7, 11) is 0. The lowest BCUT2D eigenvalue weighted by molar-refractivity contribution is -0.121. The second kappa shape index (κ2) is 6.28. The number of rotatable bonds is 0. The van der Waals surface area contributed by atoms with Gasteiger partial charge in [0.1, 0.15) is 18.0 Å². The average Bonchev–Trinajstić information content (AvgIpc) is 2.68. The van der Waals surface area contributed by atoms with Gasteiger partial charge in [-0.15, -0.1) is 0 Å². The molecule has 0 fully saturated rings. The van der Waals surface area contributed by atoms with Gasteiger partial charge in [-0.05, 0) is 44.7 Å². The van der Waals surface area contributed by atoms with Crippen LogP contribution in [-0.2, 0) is 28.8 Å². The summed E-state index contributed by atoms with van der Waals surface area (Å²) in [6.45, 7) is 6.78. The highest BCUT2D eigenvalue weighted by Gasteiger charge is 2.28. The van der Waals surface area contributed by atoms with Gasteiger partial charge >= 0.3 is 6.09 Å². The Morgan fingerprint density at radius 2 is 1.96 bits per heavy atom. The van der Waals surface area contributed by atoms with Crippen molar-refractivity contribution in [3.8, 4) is 5.75 Å². The summed E-state index contributed by atoms with van der Waals surface area (Å²) in [6.07, 6.45) is 1.40. The number of amides is 1. The molecule has 0 unspecified atom stereocenters. The third kappa shape index (κ3) is 3.51. The number of hydrogen-bond acceptors (Lipinski definition) is 4. The first-order valence-corrected chi connectivity index (χ1v) is 8.58. The minimum absolute atomic E-state index is 0.0579. The van der Waals surface area contributed by atoms with Crippen LogP contribution >= 0.6 is 11.6 Å². The van der Waals surface area contributed by atoms with Crippen molar-refractivity contribution in [3.63, 3.8) is 0 Å². The number of halogens is 1. The molecule has 6 heteroatoms. The van der Waals surface area contributed by atoms with Gasteiger partial charge < -0.3 is 14.4 Å². The second-order valence-electron chi connectivity index (χ2n) is 7.29. The fourth-order valence-electron chi connectivity index (χ4n) is 3.10. The number of Topliss-reactive ketones (excluding diaryl/α,β-unsaturated/α-hetero) is 1. The van der Waals surface area contributed by atoms with Gasteiger partial charge in [0.15, 0.2) is 5.78 Å². The number of ether oxygens (including phenoxy) is 2. The largest absolute Gasteiger partial charge is 0.484 e. The van der Waals surface area contributed by atoms with E-state index < -0.39 is 5.60 Å². The number of ketones is 1. The van der Waals surface area contributed by atoms with Gasteiger partial charge in [0.25, 0.3) is 0 Å². The molecule has 5 nitrogen and oxygen atoms in total. The second-order valence-corrected chi connectivity index (χ2v) is 7.67. The van der Waals surface area contributed by atoms with Gasteiger partial charge in [-0.2, -0.15) is 0 Å². The Morgan fingerprint density at radius 1 is 1.25 bits per heavy atom. The van der Waals surface area contributed by atoms with Crippen LogP contribution in [0.5, 0.6) is 5.75 Å². The van der Waals surface area contributed by atoms with Gasteiger partial charge in [-0.3, -0.25) is 4.79 Å². The predicted octanol–water partition coefficient (Wildman–Crippen LogP) is 3.18. The van der Waals surface area contributed by atoms with Crippen molar-refractivity contribution >= 4 is 23.5 Å². The van der Waals surface area contributed by atoms with E-state index in [2.05, 4.69) is 0 Å². The monoisotopic (exact) mass is 351 g/mol. The molecule has 0 saturated heterocycles.